The van der Waals surface area contributed by atoms with Crippen molar-refractivity contribution < 1.29 is 10.2 Å². The number of nitrogens with zero attached hydrogens (tertiary/aromatic N) is 4. The van der Waals surface area contributed by atoms with Crippen LogP contribution in [0, 0.1) is 5.92 Å². The summed E-state index contributed by atoms with van der Waals surface area (Å²) in [6.45, 7) is 4.79. The molecular formula is C25H34N6O2. The van der Waals surface area contributed by atoms with Crippen LogP contribution < -0.4 is 20.4 Å². The normalized spacial score (nSPS) is 27.2. The Kier molecular flexibility index (Phi) is 5.60. The summed E-state index contributed by atoms with van der Waals surface area (Å²) in [7, 11) is 0. The average Bonchev–Trinajstić information content (AvgIpc) is 3.69. The summed E-state index contributed by atoms with van der Waals surface area (Å²) in [5, 5.41) is 28.6. The summed E-state index contributed by atoms with van der Waals surface area (Å²) in [6.07, 6.45) is 6.67. The molecule has 2 aliphatic heterocycles. The quantitative estimate of drug-likeness (QED) is 0.552. The van der Waals surface area contributed by atoms with Gasteiger partial charge >= 0.3 is 0 Å². The molecule has 2 saturated carbocycles. The lowest BCUT2D eigenvalue weighted by molar-refractivity contribution is 0.101. The molecule has 1 atom stereocenters. The first-order valence-electron chi connectivity index (χ1n) is 12.5. The zero-order valence-corrected chi connectivity index (χ0v) is 19.1. The Morgan fingerprint density at radius 1 is 1.00 bits per heavy atom. The van der Waals surface area contributed by atoms with Crippen LogP contribution in [-0.2, 0) is 0 Å². The smallest absolute Gasteiger partial charge is 0.224 e. The Hall–Kier alpha value is -2.42. The van der Waals surface area contributed by atoms with E-state index in [0.717, 1.165) is 92.5 Å². The van der Waals surface area contributed by atoms with E-state index < -0.39 is 6.23 Å². The Labute approximate surface area is 195 Å². The topological polar surface area (TPSA) is 96.8 Å². The zero-order chi connectivity index (χ0) is 22.4. The van der Waals surface area contributed by atoms with E-state index in [1.807, 2.05) is 6.20 Å². The van der Waals surface area contributed by atoms with Gasteiger partial charge in [0.05, 0.1) is 6.10 Å². The van der Waals surface area contributed by atoms with E-state index in [2.05, 4.69) is 43.6 Å². The van der Waals surface area contributed by atoms with Crippen molar-refractivity contribution in [2.75, 3.05) is 47.8 Å². The van der Waals surface area contributed by atoms with Gasteiger partial charge in [0.2, 0.25) is 5.95 Å². The van der Waals surface area contributed by atoms with Crippen LogP contribution in [0.25, 0.3) is 11.1 Å². The summed E-state index contributed by atoms with van der Waals surface area (Å²) in [5.74, 6) is 2.17. The van der Waals surface area contributed by atoms with E-state index in [0.29, 0.717) is 5.95 Å². The molecule has 1 aromatic heterocycles. The van der Waals surface area contributed by atoms with Gasteiger partial charge in [-0.05, 0) is 62.1 Å². The maximum absolute atomic E-state index is 11.7. The molecule has 3 heterocycles. The van der Waals surface area contributed by atoms with Gasteiger partial charge in [0.15, 0.2) is 6.23 Å². The molecule has 0 spiro atoms. The highest BCUT2D eigenvalue weighted by molar-refractivity contribution is 5.83. The molecule has 6 rings (SSSR count). The fraction of sp³-hybridized carbons (Fsp3) is 0.600. The van der Waals surface area contributed by atoms with Crippen molar-refractivity contribution in [3.05, 3.63) is 30.0 Å². The monoisotopic (exact) mass is 450 g/mol. The van der Waals surface area contributed by atoms with E-state index in [9.17, 15) is 10.2 Å². The minimum absolute atomic E-state index is 0.143. The number of anilines is 3. The minimum Gasteiger partial charge on any atom is -0.393 e. The van der Waals surface area contributed by atoms with Crippen molar-refractivity contribution >= 4 is 17.5 Å². The molecule has 1 unspecified atom stereocenters. The first kappa shape index (κ1) is 21.1. The second-order valence-electron chi connectivity index (χ2n) is 10.0. The van der Waals surface area contributed by atoms with Crippen molar-refractivity contribution in [1.82, 2.24) is 15.3 Å². The first-order chi connectivity index (χ1) is 16.2. The van der Waals surface area contributed by atoms with Crippen LogP contribution in [0.4, 0.5) is 17.5 Å². The van der Waals surface area contributed by atoms with Crippen molar-refractivity contribution in [3.63, 3.8) is 0 Å². The fourth-order valence-corrected chi connectivity index (χ4v) is 5.51. The van der Waals surface area contributed by atoms with Crippen LogP contribution >= 0.6 is 0 Å². The third-order valence-corrected chi connectivity index (χ3v) is 7.67. The summed E-state index contributed by atoms with van der Waals surface area (Å²) in [5.41, 5.74) is 4.06. The molecule has 0 amide bonds. The molecule has 4 aliphatic rings. The SMILES string of the molecule is OC1CCC(N2c3nc(NCC4CC4)ncc3-c3ccc(N4CCNCC4)cc3C2O)CC1. The number of nitrogens with one attached hydrogen (secondary N) is 2. The highest BCUT2D eigenvalue weighted by atomic mass is 16.3. The summed E-state index contributed by atoms with van der Waals surface area (Å²) < 4.78 is 0. The molecule has 0 radical (unpaired) electrons. The summed E-state index contributed by atoms with van der Waals surface area (Å²) in [4.78, 5) is 14.0. The van der Waals surface area contributed by atoms with Gasteiger partial charge in [-0.2, -0.15) is 4.98 Å². The number of piperazine rings is 1. The molecule has 8 nitrogen and oxygen atoms in total. The van der Waals surface area contributed by atoms with Gasteiger partial charge in [0.1, 0.15) is 5.82 Å². The molecule has 2 aromatic rings. The third-order valence-electron chi connectivity index (χ3n) is 7.67. The van der Waals surface area contributed by atoms with Gasteiger partial charge in [-0.15, -0.1) is 0 Å². The maximum atomic E-state index is 11.7. The molecule has 8 heteroatoms. The summed E-state index contributed by atoms with van der Waals surface area (Å²) >= 11 is 0. The zero-order valence-electron chi connectivity index (χ0n) is 19.1. The second-order valence-corrected chi connectivity index (χ2v) is 10.0. The molecule has 1 aromatic carbocycles. The van der Waals surface area contributed by atoms with Crippen molar-refractivity contribution in [2.45, 2.75) is 56.9 Å². The average molecular weight is 451 g/mol. The third kappa shape index (κ3) is 4.16. The van der Waals surface area contributed by atoms with Gasteiger partial charge in [-0.25, -0.2) is 4.98 Å². The number of hydrogen-bond donors (Lipinski definition) is 4. The lowest BCUT2D eigenvalue weighted by Gasteiger charge is -2.43. The molecule has 2 aliphatic carbocycles. The second kappa shape index (κ2) is 8.74. The maximum Gasteiger partial charge on any atom is 0.224 e. The Bertz CT molecular complexity index is 998. The highest BCUT2D eigenvalue weighted by Gasteiger charge is 2.38. The van der Waals surface area contributed by atoms with Crippen molar-refractivity contribution in [3.8, 4) is 11.1 Å². The number of hydrogen-bond acceptors (Lipinski definition) is 8. The van der Waals surface area contributed by atoms with Crippen molar-refractivity contribution in [1.29, 1.82) is 0 Å². The summed E-state index contributed by atoms with van der Waals surface area (Å²) in [6, 6.07) is 6.58. The molecule has 33 heavy (non-hydrogen) atoms. The van der Waals surface area contributed by atoms with Crippen LogP contribution in [0.15, 0.2) is 24.4 Å². The van der Waals surface area contributed by atoms with Gasteiger partial charge in [-0.1, -0.05) is 6.07 Å². The van der Waals surface area contributed by atoms with Crippen LogP contribution in [0.1, 0.15) is 50.3 Å². The van der Waals surface area contributed by atoms with Crippen LogP contribution in [-0.4, -0.2) is 65.1 Å². The Morgan fingerprint density at radius 2 is 1.79 bits per heavy atom. The molecule has 4 N–H and O–H groups in total. The van der Waals surface area contributed by atoms with E-state index in [4.69, 9.17) is 4.98 Å². The van der Waals surface area contributed by atoms with Gasteiger partial charge < -0.3 is 30.6 Å². The largest absolute Gasteiger partial charge is 0.393 e. The number of aliphatic hydroxyl groups is 2. The van der Waals surface area contributed by atoms with Gasteiger partial charge in [0, 0.05) is 61.8 Å². The molecule has 176 valence electrons. The van der Waals surface area contributed by atoms with Crippen molar-refractivity contribution in [2.24, 2.45) is 5.92 Å². The van der Waals surface area contributed by atoms with E-state index in [-0.39, 0.29) is 12.1 Å². The van der Waals surface area contributed by atoms with Crippen LogP contribution in [0.5, 0.6) is 0 Å². The van der Waals surface area contributed by atoms with Gasteiger partial charge in [0.25, 0.3) is 0 Å². The number of aromatic nitrogens is 2. The molecular weight excluding hydrogens is 416 g/mol. The lowest BCUT2D eigenvalue weighted by Crippen LogP contribution is -2.45. The minimum atomic E-state index is -0.762. The predicted octanol–water partition coefficient (Wildman–Crippen LogP) is 2.49. The van der Waals surface area contributed by atoms with E-state index in [1.54, 1.807) is 0 Å². The number of fused-ring (bicyclic) bond motifs is 3. The predicted molar refractivity (Wildman–Crippen MR) is 129 cm³/mol. The van der Waals surface area contributed by atoms with Crippen LogP contribution in [0.3, 0.4) is 0 Å². The first-order valence-corrected chi connectivity index (χ1v) is 12.5. The number of benzene rings is 1. The van der Waals surface area contributed by atoms with E-state index >= 15 is 0 Å². The Morgan fingerprint density at radius 3 is 2.55 bits per heavy atom. The molecule has 0 bridgehead atoms. The Balaban J connectivity index is 1.38. The standard InChI is InChI=1S/C25H34N6O2/c32-19-6-3-17(4-7-19)31-23-22(15-28-25(29-23)27-14-16-1-2-16)20-8-5-18(13-21(20)24(31)33)30-11-9-26-10-12-30/h5,8,13,15-17,19,24,26,32-33H,1-4,6-7,9-12,14H2,(H,27,28,29). The molecule has 1 saturated heterocycles. The van der Waals surface area contributed by atoms with Gasteiger partial charge in [-0.3, -0.25) is 0 Å². The lowest BCUT2D eigenvalue weighted by atomic mass is 9.88. The number of aliphatic hydroxyl groups excluding tert-OH is 2. The fourth-order valence-electron chi connectivity index (χ4n) is 5.51. The van der Waals surface area contributed by atoms with Crippen LogP contribution in [0.2, 0.25) is 0 Å². The molecule has 3 fully saturated rings. The highest BCUT2D eigenvalue weighted by Crippen LogP contribution is 2.46. The number of rotatable bonds is 5. The van der Waals surface area contributed by atoms with E-state index in [1.165, 1.54) is 12.8 Å².